The minimum absolute atomic E-state index is 0.241. The summed E-state index contributed by atoms with van der Waals surface area (Å²) in [7, 11) is -5.76. The van der Waals surface area contributed by atoms with E-state index in [9.17, 15) is 26.4 Å². The molecule has 2 aromatic rings. The van der Waals surface area contributed by atoms with Crippen LogP contribution in [0.1, 0.15) is 15.9 Å². The van der Waals surface area contributed by atoms with Crippen molar-refractivity contribution in [1.29, 1.82) is 0 Å². The van der Waals surface area contributed by atoms with Crippen molar-refractivity contribution in [2.45, 2.75) is 11.9 Å². The van der Waals surface area contributed by atoms with Gasteiger partial charge in [0.25, 0.3) is 5.91 Å². The van der Waals surface area contributed by atoms with E-state index in [1.54, 1.807) is 24.3 Å². The molecular weight excluding hydrogens is 395 g/mol. The molecule has 1 aliphatic heterocycles. The molecule has 0 saturated carbocycles. The molecular formula is C16H11ClF3NO4S. The maximum atomic E-state index is 12.7. The Morgan fingerprint density at radius 1 is 1.12 bits per heavy atom. The molecule has 0 aromatic heterocycles. The van der Waals surface area contributed by atoms with Gasteiger partial charge in [0.2, 0.25) is 0 Å². The molecule has 0 fully saturated rings. The first-order chi connectivity index (χ1) is 12.1. The van der Waals surface area contributed by atoms with Crippen molar-refractivity contribution in [3.63, 3.8) is 0 Å². The van der Waals surface area contributed by atoms with Crippen molar-refractivity contribution in [3.8, 4) is 5.75 Å². The Bertz CT molecular complexity index is 976. The largest absolute Gasteiger partial charge is 0.534 e. The van der Waals surface area contributed by atoms with Gasteiger partial charge >= 0.3 is 15.6 Å². The molecule has 1 amide bonds. The van der Waals surface area contributed by atoms with Crippen LogP contribution in [0.4, 0.5) is 18.9 Å². The van der Waals surface area contributed by atoms with Crippen LogP contribution in [-0.2, 0) is 16.5 Å². The lowest BCUT2D eigenvalue weighted by Crippen LogP contribution is -2.37. The topological polar surface area (TPSA) is 63.7 Å². The standard InChI is InChI=1S/C16H11ClF3NO4S/c17-13-3-1-2-4-14(13)21-8-7-10-9-11(5-6-12(10)15(21)22)25-26(23,24)16(18,19)20/h1-6,9H,7-8H2. The van der Waals surface area contributed by atoms with Crippen LogP contribution in [0.5, 0.6) is 5.75 Å². The number of halogens is 4. The fourth-order valence-electron chi connectivity index (χ4n) is 2.59. The summed E-state index contributed by atoms with van der Waals surface area (Å²) in [5.74, 6) is -0.885. The Morgan fingerprint density at radius 2 is 1.81 bits per heavy atom. The second-order valence-corrected chi connectivity index (χ2v) is 7.41. The summed E-state index contributed by atoms with van der Waals surface area (Å²) in [6.45, 7) is 0.241. The molecule has 138 valence electrons. The smallest absolute Gasteiger partial charge is 0.376 e. The molecule has 0 aliphatic carbocycles. The third kappa shape index (κ3) is 3.36. The lowest BCUT2D eigenvalue weighted by Gasteiger charge is -2.29. The highest BCUT2D eigenvalue weighted by Crippen LogP contribution is 2.33. The molecule has 2 aromatic carbocycles. The average molecular weight is 406 g/mol. The average Bonchev–Trinajstić information content (AvgIpc) is 2.55. The second-order valence-electron chi connectivity index (χ2n) is 5.46. The minimum atomic E-state index is -5.76. The number of fused-ring (bicyclic) bond motifs is 1. The normalized spacial score (nSPS) is 14.9. The predicted molar refractivity (Wildman–Crippen MR) is 88.9 cm³/mol. The quantitative estimate of drug-likeness (QED) is 0.576. The van der Waals surface area contributed by atoms with Gasteiger partial charge in [-0.3, -0.25) is 4.79 Å². The fourth-order valence-corrected chi connectivity index (χ4v) is 3.28. The third-order valence-electron chi connectivity index (χ3n) is 3.79. The van der Waals surface area contributed by atoms with E-state index in [0.717, 1.165) is 12.1 Å². The summed E-state index contributed by atoms with van der Waals surface area (Å²) >= 11 is 6.10. The van der Waals surface area contributed by atoms with Crippen molar-refractivity contribution in [2.75, 3.05) is 11.4 Å². The summed E-state index contributed by atoms with van der Waals surface area (Å²) in [4.78, 5) is 14.1. The molecule has 0 atom stereocenters. The molecule has 5 nitrogen and oxygen atoms in total. The van der Waals surface area contributed by atoms with E-state index >= 15 is 0 Å². The van der Waals surface area contributed by atoms with E-state index in [4.69, 9.17) is 11.6 Å². The fraction of sp³-hybridized carbons (Fsp3) is 0.188. The highest BCUT2D eigenvalue weighted by molar-refractivity contribution is 7.88. The Hall–Kier alpha value is -2.26. The van der Waals surface area contributed by atoms with Gasteiger partial charge in [-0.25, -0.2) is 0 Å². The zero-order chi connectivity index (χ0) is 19.1. The summed E-state index contributed by atoms with van der Waals surface area (Å²) < 4.78 is 63.5. The first-order valence-electron chi connectivity index (χ1n) is 7.30. The Morgan fingerprint density at radius 3 is 2.46 bits per heavy atom. The van der Waals surface area contributed by atoms with Crippen molar-refractivity contribution in [2.24, 2.45) is 0 Å². The van der Waals surface area contributed by atoms with Gasteiger partial charge in [-0.05, 0) is 42.3 Å². The molecule has 0 bridgehead atoms. The molecule has 1 heterocycles. The third-order valence-corrected chi connectivity index (χ3v) is 5.09. The summed E-state index contributed by atoms with van der Waals surface area (Å²) in [6.07, 6.45) is 0.301. The van der Waals surface area contributed by atoms with Crippen molar-refractivity contribution >= 4 is 33.3 Å². The predicted octanol–water partition coefficient (Wildman–Crippen LogP) is 3.77. The van der Waals surface area contributed by atoms with E-state index in [1.165, 1.54) is 11.0 Å². The molecule has 0 unspecified atom stereocenters. The van der Waals surface area contributed by atoms with E-state index in [1.807, 2.05) is 0 Å². The van der Waals surface area contributed by atoms with E-state index < -0.39 is 21.4 Å². The first-order valence-corrected chi connectivity index (χ1v) is 9.09. The number of anilines is 1. The lowest BCUT2D eigenvalue weighted by molar-refractivity contribution is -0.0500. The Labute approximate surface area is 152 Å². The number of para-hydroxylation sites is 1. The van der Waals surface area contributed by atoms with Crippen LogP contribution >= 0.6 is 11.6 Å². The van der Waals surface area contributed by atoms with Crippen LogP contribution in [0.15, 0.2) is 42.5 Å². The molecule has 0 N–H and O–H groups in total. The number of rotatable bonds is 3. The molecule has 10 heteroatoms. The number of nitrogens with zero attached hydrogens (tertiary/aromatic N) is 1. The number of benzene rings is 2. The second kappa shape index (κ2) is 6.48. The van der Waals surface area contributed by atoms with E-state index in [0.29, 0.717) is 22.7 Å². The van der Waals surface area contributed by atoms with Crippen molar-refractivity contribution < 1.29 is 30.6 Å². The number of hydrogen-bond acceptors (Lipinski definition) is 4. The van der Waals surface area contributed by atoms with Crippen molar-refractivity contribution in [1.82, 2.24) is 0 Å². The van der Waals surface area contributed by atoms with E-state index in [-0.39, 0.29) is 18.0 Å². The summed E-state index contributed by atoms with van der Waals surface area (Å²) in [5.41, 5.74) is -4.37. The zero-order valence-corrected chi connectivity index (χ0v) is 14.5. The van der Waals surface area contributed by atoms with Gasteiger partial charge in [0.1, 0.15) is 5.75 Å². The monoisotopic (exact) mass is 405 g/mol. The first kappa shape index (κ1) is 18.5. The van der Waals surface area contributed by atoms with Crippen LogP contribution in [0.2, 0.25) is 5.02 Å². The van der Waals surface area contributed by atoms with Crippen molar-refractivity contribution in [3.05, 3.63) is 58.6 Å². The molecule has 0 saturated heterocycles. The van der Waals surface area contributed by atoms with E-state index in [2.05, 4.69) is 4.18 Å². The van der Waals surface area contributed by atoms with Crippen LogP contribution in [-0.4, -0.2) is 26.4 Å². The number of hydrogen-bond donors (Lipinski definition) is 0. The highest BCUT2D eigenvalue weighted by atomic mass is 35.5. The van der Waals surface area contributed by atoms with Gasteiger partial charge in [0.05, 0.1) is 10.7 Å². The van der Waals surface area contributed by atoms with Crippen LogP contribution in [0.3, 0.4) is 0 Å². The number of amides is 1. The summed E-state index contributed by atoms with van der Waals surface area (Å²) in [6, 6.07) is 10.1. The maximum Gasteiger partial charge on any atom is 0.534 e. The number of carbonyl (C=O) groups excluding carboxylic acids is 1. The van der Waals surface area contributed by atoms with Crippen LogP contribution in [0, 0.1) is 0 Å². The molecule has 0 spiro atoms. The minimum Gasteiger partial charge on any atom is -0.376 e. The molecule has 0 radical (unpaired) electrons. The van der Waals surface area contributed by atoms with Crippen LogP contribution in [0.25, 0.3) is 0 Å². The Balaban J connectivity index is 1.90. The number of alkyl halides is 3. The molecule has 1 aliphatic rings. The summed E-state index contributed by atoms with van der Waals surface area (Å²) in [5, 5.41) is 0.389. The van der Waals surface area contributed by atoms with Gasteiger partial charge in [0, 0.05) is 12.1 Å². The van der Waals surface area contributed by atoms with Gasteiger partial charge in [0.15, 0.2) is 0 Å². The SMILES string of the molecule is O=C1c2ccc(OS(=O)(=O)C(F)(F)F)cc2CCN1c1ccccc1Cl. The molecule has 3 rings (SSSR count). The highest BCUT2D eigenvalue weighted by Gasteiger charge is 2.48. The molecule has 26 heavy (non-hydrogen) atoms. The lowest BCUT2D eigenvalue weighted by atomic mass is 9.98. The van der Waals surface area contributed by atoms with Gasteiger partial charge in [-0.15, -0.1) is 0 Å². The zero-order valence-electron chi connectivity index (χ0n) is 13.0. The number of carbonyl (C=O) groups is 1. The van der Waals surface area contributed by atoms with Crippen LogP contribution < -0.4 is 9.08 Å². The maximum absolute atomic E-state index is 12.7. The Kier molecular flexibility index (Phi) is 4.61. The van der Waals surface area contributed by atoms with Gasteiger partial charge < -0.3 is 9.08 Å². The van der Waals surface area contributed by atoms with Gasteiger partial charge in [-0.2, -0.15) is 21.6 Å². The van der Waals surface area contributed by atoms with Gasteiger partial charge in [-0.1, -0.05) is 23.7 Å².